The molecule has 1 saturated heterocycles. The van der Waals surface area contributed by atoms with Gasteiger partial charge in [-0.1, -0.05) is 0 Å². The largest absolute Gasteiger partial charge is 0.377 e. The monoisotopic (exact) mass is 236 g/mol. The van der Waals surface area contributed by atoms with Crippen molar-refractivity contribution in [2.24, 2.45) is 0 Å². The zero-order chi connectivity index (χ0) is 11.3. The molecule has 0 aromatic rings. The fourth-order valence-electron chi connectivity index (χ4n) is 1.62. The molecule has 2 N–H and O–H groups in total. The van der Waals surface area contributed by atoms with E-state index in [0.717, 1.165) is 13.0 Å². The van der Waals surface area contributed by atoms with E-state index in [-0.39, 0.29) is 17.9 Å². The molecular formula is C9H20N2O3S. The van der Waals surface area contributed by atoms with Crippen LogP contribution in [0.2, 0.25) is 0 Å². The lowest BCUT2D eigenvalue weighted by molar-refractivity contribution is 0.117. The average Bonchev–Trinajstić information content (AvgIpc) is 2.51. The maximum absolute atomic E-state index is 11.6. The number of hydrogen-bond donors (Lipinski definition) is 2. The third kappa shape index (κ3) is 4.46. The maximum Gasteiger partial charge on any atom is 0.211 e. The Morgan fingerprint density at radius 2 is 2.20 bits per heavy atom. The van der Waals surface area contributed by atoms with Crippen LogP contribution in [-0.2, 0) is 14.8 Å². The third-order valence-corrected chi connectivity index (χ3v) is 4.04. The van der Waals surface area contributed by atoms with E-state index in [4.69, 9.17) is 4.74 Å². The highest BCUT2D eigenvalue weighted by Gasteiger charge is 2.27. The normalized spacial score (nSPS) is 27.1. The van der Waals surface area contributed by atoms with Crippen molar-refractivity contribution in [1.82, 2.24) is 10.0 Å². The van der Waals surface area contributed by atoms with Gasteiger partial charge in [-0.2, -0.15) is 0 Å². The minimum atomic E-state index is -3.14. The van der Waals surface area contributed by atoms with Crippen LogP contribution in [0, 0.1) is 0 Å². The molecule has 0 amide bonds. The van der Waals surface area contributed by atoms with Gasteiger partial charge in [0, 0.05) is 12.6 Å². The molecule has 0 saturated carbocycles. The van der Waals surface area contributed by atoms with Gasteiger partial charge in [0.05, 0.1) is 11.9 Å². The highest BCUT2D eigenvalue weighted by atomic mass is 32.2. The predicted molar refractivity (Wildman–Crippen MR) is 59.3 cm³/mol. The Labute approximate surface area is 91.6 Å². The SMILES string of the molecule is CNCCCS(=O)(=O)NC1CCOC1C. The second kappa shape index (κ2) is 5.79. The molecule has 0 spiro atoms. The summed E-state index contributed by atoms with van der Waals surface area (Å²) in [6.07, 6.45) is 1.39. The topological polar surface area (TPSA) is 67.4 Å². The van der Waals surface area contributed by atoms with Crippen LogP contribution in [0.25, 0.3) is 0 Å². The maximum atomic E-state index is 11.6. The minimum absolute atomic E-state index is 0.0101. The van der Waals surface area contributed by atoms with Crippen molar-refractivity contribution in [3.05, 3.63) is 0 Å². The van der Waals surface area contributed by atoms with Gasteiger partial charge in [-0.05, 0) is 33.4 Å². The molecule has 6 heteroatoms. The lowest BCUT2D eigenvalue weighted by Crippen LogP contribution is -2.40. The van der Waals surface area contributed by atoms with Crippen molar-refractivity contribution in [1.29, 1.82) is 0 Å². The Morgan fingerprint density at radius 1 is 1.47 bits per heavy atom. The summed E-state index contributed by atoms with van der Waals surface area (Å²) in [6, 6.07) is -0.0513. The molecule has 0 aromatic heterocycles. The highest BCUT2D eigenvalue weighted by molar-refractivity contribution is 7.89. The van der Waals surface area contributed by atoms with Gasteiger partial charge >= 0.3 is 0 Å². The van der Waals surface area contributed by atoms with Crippen molar-refractivity contribution in [2.75, 3.05) is 26.0 Å². The van der Waals surface area contributed by atoms with Crippen LogP contribution in [-0.4, -0.2) is 46.5 Å². The molecule has 1 rings (SSSR count). The summed E-state index contributed by atoms with van der Waals surface area (Å²) in [5.74, 6) is 0.178. The third-order valence-electron chi connectivity index (χ3n) is 2.55. The molecule has 2 unspecified atom stereocenters. The molecule has 90 valence electrons. The first-order valence-electron chi connectivity index (χ1n) is 5.31. The number of hydrogen-bond acceptors (Lipinski definition) is 4. The Hall–Kier alpha value is -0.170. The number of rotatable bonds is 6. The van der Waals surface area contributed by atoms with E-state index < -0.39 is 10.0 Å². The quantitative estimate of drug-likeness (QED) is 0.621. The first-order chi connectivity index (χ1) is 7.05. The zero-order valence-electron chi connectivity index (χ0n) is 9.32. The van der Waals surface area contributed by atoms with E-state index >= 15 is 0 Å². The number of sulfonamides is 1. The zero-order valence-corrected chi connectivity index (χ0v) is 10.1. The summed E-state index contributed by atoms with van der Waals surface area (Å²) < 4.78 is 31.2. The van der Waals surface area contributed by atoms with Crippen LogP contribution in [0.3, 0.4) is 0 Å². The molecule has 0 radical (unpaired) electrons. The molecule has 0 aliphatic carbocycles. The van der Waals surface area contributed by atoms with E-state index in [1.165, 1.54) is 0 Å². The van der Waals surface area contributed by atoms with E-state index in [0.29, 0.717) is 13.0 Å². The molecule has 1 aliphatic heterocycles. The van der Waals surface area contributed by atoms with Gasteiger partial charge in [0.1, 0.15) is 0 Å². The highest BCUT2D eigenvalue weighted by Crippen LogP contribution is 2.13. The lowest BCUT2D eigenvalue weighted by Gasteiger charge is -2.15. The van der Waals surface area contributed by atoms with Gasteiger partial charge in [-0.25, -0.2) is 13.1 Å². The minimum Gasteiger partial charge on any atom is -0.377 e. The van der Waals surface area contributed by atoms with Gasteiger partial charge in [0.2, 0.25) is 10.0 Å². The van der Waals surface area contributed by atoms with E-state index in [1.807, 2.05) is 14.0 Å². The molecule has 5 nitrogen and oxygen atoms in total. The van der Waals surface area contributed by atoms with Gasteiger partial charge in [-0.15, -0.1) is 0 Å². The molecule has 1 aliphatic rings. The molecule has 2 atom stereocenters. The van der Waals surface area contributed by atoms with Gasteiger partial charge in [-0.3, -0.25) is 0 Å². The summed E-state index contributed by atoms with van der Waals surface area (Å²) in [7, 11) is -1.33. The van der Waals surface area contributed by atoms with Gasteiger partial charge in [0.15, 0.2) is 0 Å². The smallest absolute Gasteiger partial charge is 0.211 e. The van der Waals surface area contributed by atoms with Crippen LogP contribution in [0.4, 0.5) is 0 Å². The second-order valence-corrected chi connectivity index (χ2v) is 5.74. The lowest BCUT2D eigenvalue weighted by atomic mass is 10.2. The fraction of sp³-hybridized carbons (Fsp3) is 1.00. The standard InChI is InChI=1S/C9H20N2O3S/c1-8-9(4-6-14-8)11-15(12,13)7-3-5-10-2/h8-11H,3-7H2,1-2H3. The summed E-state index contributed by atoms with van der Waals surface area (Å²) in [5, 5.41) is 2.93. The van der Waals surface area contributed by atoms with Crippen molar-refractivity contribution in [3.63, 3.8) is 0 Å². The van der Waals surface area contributed by atoms with Crippen LogP contribution in [0.1, 0.15) is 19.8 Å². The first kappa shape index (κ1) is 12.9. The first-order valence-corrected chi connectivity index (χ1v) is 6.96. The van der Waals surface area contributed by atoms with E-state index in [9.17, 15) is 8.42 Å². The average molecular weight is 236 g/mol. The molecule has 1 fully saturated rings. The predicted octanol–water partition coefficient (Wildman–Crippen LogP) is -0.307. The molecule has 0 bridgehead atoms. The van der Waals surface area contributed by atoms with Crippen LogP contribution in [0.15, 0.2) is 0 Å². The molecule has 1 heterocycles. The van der Waals surface area contributed by atoms with Crippen molar-refractivity contribution in [2.45, 2.75) is 31.9 Å². The van der Waals surface area contributed by atoms with Crippen molar-refractivity contribution < 1.29 is 13.2 Å². The molecule has 15 heavy (non-hydrogen) atoms. The second-order valence-electron chi connectivity index (χ2n) is 3.86. The van der Waals surface area contributed by atoms with Crippen LogP contribution < -0.4 is 10.0 Å². The van der Waals surface area contributed by atoms with Crippen molar-refractivity contribution >= 4 is 10.0 Å². The summed E-state index contributed by atoms with van der Waals surface area (Å²) in [4.78, 5) is 0. The molecular weight excluding hydrogens is 216 g/mol. The Kier molecular flexibility index (Phi) is 4.98. The number of ether oxygens (including phenoxy) is 1. The molecule has 0 aromatic carbocycles. The van der Waals surface area contributed by atoms with E-state index in [1.54, 1.807) is 0 Å². The Bertz CT molecular complexity index is 279. The number of nitrogens with one attached hydrogen (secondary N) is 2. The van der Waals surface area contributed by atoms with E-state index in [2.05, 4.69) is 10.0 Å². The summed E-state index contributed by atoms with van der Waals surface area (Å²) >= 11 is 0. The summed E-state index contributed by atoms with van der Waals surface area (Å²) in [5.41, 5.74) is 0. The van der Waals surface area contributed by atoms with Crippen LogP contribution >= 0.6 is 0 Å². The Morgan fingerprint density at radius 3 is 2.73 bits per heavy atom. The van der Waals surface area contributed by atoms with Crippen LogP contribution in [0.5, 0.6) is 0 Å². The van der Waals surface area contributed by atoms with Gasteiger partial charge in [0.25, 0.3) is 0 Å². The fourth-order valence-corrected chi connectivity index (χ4v) is 3.03. The Balaban J connectivity index is 2.35. The van der Waals surface area contributed by atoms with Crippen molar-refractivity contribution in [3.8, 4) is 0 Å². The van der Waals surface area contributed by atoms with Gasteiger partial charge < -0.3 is 10.1 Å². The summed E-state index contributed by atoms with van der Waals surface area (Å²) in [6.45, 7) is 3.26.